The molecule has 2 N–H and O–H groups in total. The molecule has 0 aromatic carbocycles. The fourth-order valence-electron chi connectivity index (χ4n) is 2.62. The van der Waals surface area contributed by atoms with E-state index in [-0.39, 0.29) is 18.0 Å². The van der Waals surface area contributed by atoms with E-state index in [1.807, 2.05) is 6.07 Å². The zero-order valence-electron chi connectivity index (χ0n) is 14.9. The summed E-state index contributed by atoms with van der Waals surface area (Å²) >= 11 is 0. The Kier molecular flexibility index (Phi) is 5.42. The van der Waals surface area contributed by atoms with Crippen molar-refractivity contribution in [2.24, 2.45) is 0 Å². The number of aromatic nitrogens is 3. The van der Waals surface area contributed by atoms with Gasteiger partial charge in [0.25, 0.3) is 0 Å². The quantitative estimate of drug-likeness (QED) is 0.642. The highest BCUT2D eigenvalue weighted by molar-refractivity contribution is 5.85. The second-order valence-electron chi connectivity index (χ2n) is 6.07. The molecule has 0 atom stereocenters. The Balaban J connectivity index is 2.07. The number of carboxylic acid groups (broad SMARTS) is 2. The highest BCUT2D eigenvalue weighted by Crippen LogP contribution is 2.32. The van der Waals surface area contributed by atoms with Gasteiger partial charge >= 0.3 is 11.9 Å². The first-order valence-electron chi connectivity index (χ1n) is 8.35. The van der Waals surface area contributed by atoms with Gasteiger partial charge in [0.05, 0.1) is 23.7 Å². The van der Waals surface area contributed by atoms with Crippen LogP contribution in [0.1, 0.15) is 45.0 Å². The molecule has 0 radical (unpaired) electrons. The number of carboxylic acids is 2. The van der Waals surface area contributed by atoms with E-state index in [9.17, 15) is 19.8 Å². The van der Waals surface area contributed by atoms with Gasteiger partial charge in [0.15, 0.2) is 0 Å². The van der Waals surface area contributed by atoms with E-state index in [1.165, 1.54) is 12.1 Å². The van der Waals surface area contributed by atoms with E-state index in [1.54, 1.807) is 49.5 Å². The van der Waals surface area contributed by atoms with E-state index in [0.717, 1.165) is 0 Å². The standard InChI is InChI=1S/C20H17N3O5/c1-20(28-12-13-6-2-3-11-21-13,16-9-4-7-14(22-16)18(24)25)17-10-5-8-15(23-17)19(26)27/h2-11H,12H2,1H3,(H,24,25)(H,26,27). The second-order valence-corrected chi connectivity index (χ2v) is 6.07. The van der Waals surface area contributed by atoms with Gasteiger partial charge in [0.1, 0.15) is 17.0 Å². The third-order valence-electron chi connectivity index (χ3n) is 4.15. The SMILES string of the molecule is CC(OCc1ccccn1)(c1cccc(C(=O)O)n1)c1cccc(C(=O)O)n1. The maximum Gasteiger partial charge on any atom is 0.354 e. The van der Waals surface area contributed by atoms with Gasteiger partial charge in [-0.05, 0) is 43.3 Å². The molecule has 3 aromatic heterocycles. The van der Waals surface area contributed by atoms with Crippen LogP contribution in [-0.2, 0) is 16.9 Å². The molecule has 3 rings (SSSR count). The van der Waals surface area contributed by atoms with Gasteiger partial charge in [-0.25, -0.2) is 19.6 Å². The average Bonchev–Trinajstić information content (AvgIpc) is 2.73. The van der Waals surface area contributed by atoms with Crippen LogP contribution in [-0.4, -0.2) is 37.1 Å². The first-order valence-corrected chi connectivity index (χ1v) is 8.35. The minimum Gasteiger partial charge on any atom is -0.477 e. The number of carbonyl (C=O) groups is 2. The number of hydrogen-bond acceptors (Lipinski definition) is 6. The molecular weight excluding hydrogens is 362 g/mol. The summed E-state index contributed by atoms with van der Waals surface area (Å²) in [4.78, 5) is 35.2. The van der Waals surface area contributed by atoms with Crippen molar-refractivity contribution in [3.05, 3.63) is 89.3 Å². The summed E-state index contributed by atoms with van der Waals surface area (Å²) in [6.07, 6.45) is 1.63. The van der Waals surface area contributed by atoms with Crippen molar-refractivity contribution in [1.29, 1.82) is 0 Å². The molecule has 3 aromatic rings. The summed E-state index contributed by atoms with van der Waals surface area (Å²) in [6.45, 7) is 1.76. The Hall–Kier alpha value is -3.65. The van der Waals surface area contributed by atoms with Crippen molar-refractivity contribution >= 4 is 11.9 Å². The summed E-state index contributed by atoms with van der Waals surface area (Å²) < 4.78 is 6.08. The van der Waals surface area contributed by atoms with Crippen LogP contribution in [0.25, 0.3) is 0 Å². The van der Waals surface area contributed by atoms with Gasteiger partial charge in [0, 0.05) is 6.20 Å². The second kappa shape index (κ2) is 7.93. The maximum absolute atomic E-state index is 11.3. The number of pyridine rings is 3. The molecule has 0 aliphatic heterocycles. The number of nitrogens with zero attached hydrogens (tertiary/aromatic N) is 3. The molecular formula is C20H17N3O5. The Morgan fingerprint density at radius 2 is 1.46 bits per heavy atom. The molecule has 0 saturated heterocycles. The van der Waals surface area contributed by atoms with Crippen molar-refractivity contribution in [3.63, 3.8) is 0 Å². The van der Waals surface area contributed by atoms with Gasteiger partial charge < -0.3 is 14.9 Å². The predicted molar refractivity (Wildman–Crippen MR) is 97.9 cm³/mol. The molecule has 28 heavy (non-hydrogen) atoms. The number of hydrogen-bond donors (Lipinski definition) is 2. The minimum absolute atomic E-state index is 0.0926. The zero-order chi connectivity index (χ0) is 20.1. The molecule has 0 amide bonds. The average molecular weight is 379 g/mol. The van der Waals surface area contributed by atoms with E-state index >= 15 is 0 Å². The lowest BCUT2D eigenvalue weighted by molar-refractivity contribution is -0.0242. The van der Waals surface area contributed by atoms with Gasteiger partial charge in [-0.2, -0.15) is 0 Å². The molecule has 0 unspecified atom stereocenters. The van der Waals surface area contributed by atoms with Crippen LogP contribution in [0.5, 0.6) is 0 Å². The lowest BCUT2D eigenvalue weighted by Gasteiger charge is -2.29. The molecule has 0 aliphatic rings. The normalized spacial score (nSPS) is 11.2. The zero-order valence-corrected chi connectivity index (χ0v) is 14.9. The fraction of sp³-hybridized carbons (Fsp3) is 0.150. The summed E-state index contributed by atoms with van der Waals surface area (Å²) in [5, 5.41) is 18.5. The van der Waals surface area contributed by atoms with Crippen molar-refractivity contribution < 1.29 is 24.5 Å². The van der Waals surface area contributed by atoms with Crippen LogP contribution >= 0.6 is 0 Å². The van der Waals surface area contributed by atoms with Crippen LogP contribution < -0.4 is 0 Å². The van der Waals surface area contributed by atoms with Crippen LogP contribution in [0, 0.1) is 0 Å². The monoisotopic (exact) mass is 379 g/mol. The minimum atomic E-state index is -1.30. The van der Waals surface area contributed by atoms with E-state index in [0.29, 0.717) is 17.1 Å². The summed E-state index contributed by atoms with van der Waals surface area (Å²) in [5.41, 5.74) is -0.373. The van der Waals surface area contributed by atoms with E-state index < -0.39 is 17.5 Å². The molecule has 8 heteroatoms. The van der Waals surface area contributed by atoms with Crippen molar-refractivity contribution in [3.8, 4) is 0 Å². The van der Waals surface area contributed by atoms with Crippen molar-refractivity contribution in [2.75, 3.05) is 0 Å². The Morgan fingerprint density at radius 1 is 0.893 bits per heavy atom. The van der Waals surface area contributed by atoms with Crippen molar-refractivity contribution in [2.45, 2.75) is 19.1 Å². The van der Waals surface area contributed by atoms with Gasteiger partial charge in [-0.15, -0.1) is 0 Å². The largest absolute Gasteiger partial charge is 0.477 e. The predicted octanol–water partition coefficient (Wildman–Crippen LogP) is 2.75. The fourth-order valence-corrected chi connectivity index (χ4v) is 2.62. The molecule has 3 heterocycles. The molecule has 8 nitrogen and oxygen atoms in total. The Morgan fingerprint density at radius 3 is 1.93 bits per heavy atom. The maximum atomic E-state index is 11.3. The Labute approximate surface area is 160 Å². The number of ether oxygens (including phenoxy) is 1. The molecule has 0 aliphatic carbocycles. The number of aromatic carboxylic acids is 2. The summed E-state index contributed by atoms with van der Waals surface area (Å²) in [5.74, 6) is -2.36. The van der Waals surface area contributed by atoms with E-state index in [2.05, 4.69) is 15.0 Å². The van der Waals surface area contributed by atoms with Crippen LogP contribution in [0.2, 0.25) is 0 Å². The van der Waals surface area contributed by atoms with E-state index in [4.69, 9.17) is 4.74 Å². The lowest BCUT2D eigenvalue weighted by atomic mass is 9.95. The highest BCUT2D eigenvalue weighted by Gasteiger charge is 2.34. The smallest absolute Gasteiger partial charge is 0.354 e. The summed E-state index contributed by atoms with van der Waals surface area (Å²) in [6, 6.07) is 14.4. The first kappa shape index (κ1) is 19.1. The number of rotatable bonds is 7. The van der Waals surface area contributed by atoms with Gasteiger partial charge in [-0.3, -0.25) is 4.98 Å². The molecule has 0 fully saturated rings. The van der Waals surface area contributed by atoms with Crippen LogP contribution in [0.3, 0.4) is 0 Å². The first-order chi connectivity index (χ1) is 13.4. The molecule has 0 saturated carbocycles. The van der Waals surface area contributed by atoms with Crippen molar-refractivity contribution in [1.82, 2.24) is 15.0 Å². The molecule has 142 valence electrons. The van der Waals surface area contributed by atoms with Gasteiger partial charge in [-0.1, -0.05) is 18.2 Å². The molecule has 0 bridgehead atoms. The lowest BCUT2D eigenvalue weighted by Crippen LogP contribution is -2.31. The topological polar surface area (TPSA) is 122 Å². The highest BCUT2D eigenvalue weighted by atomic mass is 16.5. The van der Waals surface area contributed by atoms with Gasteiger partial charge in [0.2, 0.25) is 0 Å². The molecule has 0 spiro atoms. The van der Waals surface area contributed by atoms with Crippen LogP contribution in [0.15, 0.2) is 60.8 Å². The summed E-state index contributed by atoms with van der Waals surface area (Å²) in [7, 11) is 0. The van der Waals surface area contributed by atoms with Crippen LogP contribution in [0.4, 0.5) is 0 Å². The third-order valence-corrected chi connectivity index (χ3v) is 4.15. The third kappa shape index (κ3) is 4.02. The Bertz CT molecular complexity index is 950.